The first-order chi connectivity index (χ1) is 19.8. The van der Waals surface area contributed by atoms with Crippen molar-refractivity contribution >= 4 is 23.2 Å². The smallest absolute Gasteiger partial charge is 0.258 e. The maximum absolute atomic E-state index is 13.7. The highest BCUT2D eigenvalue weighted by Crippen LogP contribution is 2.36. The molecule has 0 bridgehead atoms. The maximum atomic E-state index is 13.7. The summed E-state index contributed by atoms with van der Waals surface area (Å²) in [4.78, 5) is 35.9. The molecule has 5 aromatic rings. The third-order valence-electron chi connectivity index (χ3n) is 6.71. The number of aromatic nitrogens is 2. The van der Waals surface area contributed by atoms with Crippen LogP contribution in [0.1, 0.15) is 36.3 Å². The lowest BCUT2D eigenvalue weighted by atomic mass is 9.99. The van der Waals surface area contributed by atoms with Crippen LogP contribution in [0, 0.1) is 6.85 Å². The van der Waals surface area contributed by atoms with E-state index in [1.54, 1.807) is 35.2 Å². The second kappa shape index (κ2) is 9.82. The Morgan fingerprint density at radius 3 is 2.37 bits per heavy atom. The third-order valence-corrected chi connectivity index (χ3v) is 6.71. The second-order valence-electron chi connectivity index (χ2n) is 9.08. The number of nitrogens with zero attached hydrogens (tertiary/aromatic N) is 2. The molecule has 6 nitrogen and oxygen atoms in total. The van der Waals surface area contributed by atoms with E-state index in [1.165, 1.54) is 0 Å². The molecule has 1 aliphatic heterocycles. The summed E-state index contributed by atoms with van der Waals surface area (Å²) in [5.41, 5.74) is 5.97. The van der Waals surface area contributed by atoms with E-state index in [9.17, 15) is 9.59 Å². The molecule has 6 rings (SSSR count). The highest BCUT2D eigenvalue weighted by molar-refractivity contribution is 6.10. The first-order valence-corrected chi connectivity index (χ1v) is 12.4. The van der Waals surface area contributed by atoms with Gasteiger partial charge in [0.05, 0.1) is 11.4 Å². The molecule has 0 saturated carbocycles. The van der Waals surface area contributed by atoms with E-state index >= 15 is 0 Å². The summed E-state index contributed by atoms with van der Waals surface area (Å²) in [6.45, 7) is -2.00. The SMILES string of the molecule is [2H]C([2H])([2H])c1nc2c([nH]1)CCN(C(=O)c1ccc(NC(=O)c3ccccc3-c3ccccc3)cc1)c1ccccc1-2. The van der Waals surface area contributed by atoms with E-state index in [-0.39, 0.29) is 17.6 Å². The lowest BCUT2D eigenvalue weighted by Gasteiger charge is -2.23. The monoisotopic (exact) mass is 501 g/mol. The molecule has 186 valence electrons. The first-order valence-electron chi connectivity index (χ1n) is 13.9. The van der Waals surface area contributed by atoms with Crippen LogP contribution in [-0.4, -0.2) is 28.3 Å². The number of anilines is 2. The van der Waals surface area contributed by atoms with E-state index in [4.69, 9.17) is 4.11 Å². The van der Waals surface area contributed by atoms with E-state index < -0.39 is 6.85 Å². The van der Waals surface area contributed by atoms with Crippen molar-refractivity contribution in [3.8, 4) is 22.4 Å². The largest absolute Gasteiger partial charge is 0.346 e. The van der Waals surface area contributed by atoms with Crippen molar-refractivity contribution in [2.75, 3.05) is 16.8 Å². The molecule has 2 N–H and O–H groups in total. The summed E-state index contributed by atoms with van der Waals surface area (Å²) < 4.78 is 23.2. The Morgan fingerprint density at radius 1 is 0.868 bits per heavy atom. The van der Waals surface area contributed by atoms with Gasteiger partial charge in [0.25, 0.3) is 11.8 Å². The van der Waals surface area contributed by atoms with Crippen molar-refractivity contribution in [1.82, 2.24) is 9.97 Å². The minimum Gasteiger partial charge on any atom is -0.346 e. The van der Waals surface area contributed by atoms with Gasteiger partial charge in [0.1, 0.15) is 5.82 Å². The number of benzene rings is 4. The number of para-hydroxylation sites is 1. The maximum Gasteiger partial charge on any atom is 0.258 e. The molecule has 38 heavy (non-hydrogen) atoms. The number of imidazole rings is 1. The molecule has 0 saturated heterocycles. The van der Waals surface area contributed by atoms with Crippen molar-refractivity contribution in [1.29, 1.82) is 0 Å². The van der Waals surface area contributed by atoms with Crippen LogP contribution in [-0.2, 0) is 6.42 Å². The Labute approximate surface area is 225 Å². The van der Waals surface area contributed by atoms with Crippen molar-refractivity contribution < 1.29 is 13.7 Å². The number of rotatable bonds is 4. The molecule has 2 heterocycles. The number of carbonyl (C=O) groups is 2. The minimum absolute atomic E-state index is 0.0545. The number of carbonyl (C=O) groups excluding carboxylic acids is 2. The summed E-state index contributed by atoms with van der Waals surface area (Å²) in [7, 11) is 0. The van der Waals surface area contributed by atoms with Gasteiger partial charge in [-0.15, -0.1) is 0 Å². The first kappa shape index (κ1) is 20.1. The minimum atomic E-state index is -2.35. The van der Waals surface area contributed by atoms with Gasteiger partial charge in [-0.1, -0.05) is 66.7 Å². The molecular weight excluding hydrogens is 472 g/mol. The standard InChI is InChI=1S/C32H26N4O2/c1-21-33-28-19-20-36(29-14-8-7-13-27(29)30(28)34-21)32(38)23-15-17-24(18-16-23)35-31(37)26-12-6-5-11-25(26)22-9-3-2-4-10-22/h2-18H,19-20H2,1H3,(H,33,34)(H,35,37)/i1D3. The van der Waals surface area contributed by atoms with Crippen molar-refractivity contribution in [3.05, 3.63) is 126 Å². The Kier molecular flexibility index (Phi) is 5.20. The van der Waals surface area contributed by atoms with Crippen LogP contribution < -0.4 is 10.2 Å². The van der Waals surface area contributed by atoms with E-state index in [0.29, 0.717) is 52.4 Å². The van der Waals surface area contributed by atoms with Gasteiger partial charge in [0.2, 0.25) is 0 Å². The number of nitrogens with one attached hydrogen (secondary N) is 2. The summed E-state index contributed by atoms with van der Waals surface area (Å²) in [5.74, 6) is -0.498. The zero-order valence-corrected chi connectivity index (χ0v) is 20.4. The van der Waals surface area contributed by atoms with Crippen LogP contribution in [0.5, 0.6) is 0 Å². The molecule has 0 atom stereocenters. The molecular formula is C32H26N4O2. The Morgan fingerprint density at radius 2 is 1.58 bits per heavy atom. The summed E-state index contributed by atoms with van der Waals surface area (Å²) in [6, 6.07) is 31.4. The van der Waals surface area contributed by atoms with Gasteiger partial charge in [-0.25, -0.2) is 4.98 Å². The summed E-state index contributed by atoms with van der Waals surface area (Å²) in [6.07, 6.45) is 0.424. The Hall–Kier alpha value is -4.97. The predicted octanol–water partition coefficient (Wildman–Crippen LogP) is 6.51. The van der Waals surface area contributed by atoms with E-state index in [1.807, 2.05) is 72.8 Å². The molecule has 6 heteroatoms. The van der Waals surface area contributed by atoms with Crippen LogP contribution in [0.3, 0.4) is 0 Å². The van der Waals surface area contributed by atoms with Gasteiger partial charge in [0, 0.05) is 45.1 Å². The van der Waals surface area contributed by atoms with Crippen LogP contribution in [0.25, 0.3) is 22.4 Å². The number of aryl methyl sites for hydroxylation is 1. The van der Waals surface area contributed by atoms with Crippen LogP contribution in [0.4, 0.5) is 11.4 Å². The fraction of sp³-hybridized carbons (Fsp3) is 0.0938. The molecule has 4 aromatic carbocycles. The zero-order chi connectivity index (χ0) is 28.6. The van der Waals surface area contributed by atoms with Gasteiger partial charge in [0.15, 0.2) is 0 Å². The van der Waals surface area contributed by atoms with Gasteiger partial charge >= 0.3 is 0 Å². The predicted molar refractivity (Wildman–Crippen MR) is 150 cm³/mol. The van der Waals surface area contributed by atoms with E-state index in [0.717, 1.165) is 11.1 Å². The number of H-pyrrole nitrogens is 1. The number of hydrogen-bond donors (Lipinski definition) is 2. The van der Waals surface area contributed by atoms with E-state index in [2.05, 4.69) is 15.3 Å². The second-order valence-corrected chi connectivity index (χ2v) is 9.08. The highest BCUT2D eigenvalue weighted by atomic mass is 16.2. The number of amides is 2. The summed E-state index contributed by atoms with van der Waals surface area (Å²) >= 11 is 0. The molecule has 1 aromatic heterocycles. The van der Waals surface area contributed by atoms with Gasteiger partial charge in [-0.3, -0.25) is 9.59 Å². The lowest BCUT2D eigenvalue weighted by molar-refractivity contribution is 0.0986. The topological polar surface area (TPSA) is 78.1 Å². The molecule has 0 spiro atoms. The quantitative estimate of drug-likeness (QED) is 0.295. The van der Waals surface area contributed by atoms with Gasteiger partial charge < -0.3 is 15.2 Å². The fourth-order valence-electron chi connectivity index (χ4n) is 4.88. The fourth-order valence-corrected chi connectivity index (χ4v) is 4.88. The highest BCUT2D eigenvalue weighted by Gasteiger charge is 2.26. The van der Waals surface area contributed by atoms with Crippen molar-refractivity contribution in [3.63, 3.8) is 0 Å². The van der Waals surface area contributed by atoms with Crippen molar-refractivity contribution in [2.24, 2.45) is 0 Å². The molecule has 1 aliphatic rings. The number of hydrogen-bond acceptors (Lipinski definition) is 3. The van der Waals surface area contributed by atoms with Gasteiger partial charge in [-0.2, -0.15) is 0 Å². The molecule has 0 aliphatic carbocycles. The molecule has 0 fully saturated rings. The van der Waals surface area contributed by atoms with Crippen LogP contribution in [0.2, 0.25) is 0 Å². The molecule has 2 amide bonds. The third kappa shape index (κ3) is 4.37. The summed E-state index contributed by atoms with van der Waals surface area (Å²) in [5, 5.41) is 2.94. The average Bonchev–Trinajstić information content (AvgIpc) is 3.37. The van der Waals surface area contributed by atoms with Crippen LogP contribution in [0.15, 0.2) is 103 Å². The van der Waals surface area contributed by atoms with Gasteiger partial charge in [-0.05, 0) is 54.4 Å². The lowest BCUT2D eigenvalue weighted by Crippen LogP contribution is -2.32. The zero-order valence-electron chi connectivity index (χ0n) is 23.4. The Balaban J connectivity index is 1.23. The number of fused-ring (bicyclic) bond motifs is 3. The number of aromatic amines is 1. The Bertz CT molecular complexity index is 1750. The normalized spacial score (nSPS) is 13.8. The van der Waals surface area contributed by atoms with Crippen LogP contribution >= 0.6 is 0 Å². The molecule has 0 unspecified atom stereocenters. The molecule has 0 radical (unpaired) electrons. The average molecular weight is 502 g/mol. The van der Waals surface area contributed by atoms with Crippen molar-refractivity contribution in [2.45, 2.75) is 13.3 Å².